The van der Waals surface area contributed by atoms with Gasteiger partial charge >= 0.3 is 24.0 Å². The summed E-state index contributed by atoms with van der Waals surface area (Å²) in [5.41, 5.74) is -1.36. The Hall–Kier alpha value is -2.91. The number of rotatable bonds is 14. The molecule has 0 aliphatic heterocycles. The Morgan fingerprint density at radius 2 is 1.48 bits per heavy atom. The van der Waals surface area contributed by atoms with Gasteiger partial charge in [0.15, 0.2) is 0 Å². The van der Waals surface area contributed by atoms with E-state index < -0.39 is 46.4 Å². The topological polar surface area (TPSA) is 156 Å². The first-order chi connectivity index (χ1) is 26.7. The Kier molecular flexibility index (Phi) is 12.9. The molecule has 0 saturated heterocycles. The van der Waals surface area contributed by atoms with Gasteiger partial charge in [0.1, 0.15) is 17.5 Å². The number of ether oxygens (including phenoxy) is 2. The number of esters is 1. The summed E-state index contributed by atoms with van der Waals surface area (Å²) in [5.74, 6) is -1.46. The average molecular weight is 812 g/mol. The van der Waals surface area contributed by atoms with E-state index in [4.69, 9.17) is 9.47 Å². The van der Waals surface area contributed by atoms with Crippen LogP contribution in [0.5, 0.6) is 0 Å². The van der Waals surface area contributed by atoms with E-state index in [1.165, 1.54) is 0 Å². The number of Topliss-reactive ketones (excluding diaryl/α,β-unsaturated/α-hetero) is 1. The van der Waals surface area contributed by atoms with Crippen molar-refractivity contribution in [2.45, 2.75) is 184 Å². The van der Waals surface area contributed by atoms with Crippen molar-refractivity contribution >= 4 is 29.8 Å². The Labute approximate surface area is 348 Å². The fraction of sp³-hybridized carbons (Fsp3) is 0.854. The Bertz CT molecular complexity index is 1630. The van der Waals surface area contributed by atoms with E-state index in [1.54, 1.807) is 13.8 Å². The number of carbonyl (C=O) groups is 5. The number of fused-ring (bicyclic) bond motifs is 7. The molecule has 5 saturated carbocycles. The molecular formula is C48H77NO9. The van der Waals surface area contributed by atoms with E-state index in [1.807, 2.05) is 20.8 Å². The second-order valence-electron chi connectivity index (χ2n) is 22.6. The first-order valence-corrected chi connectivity index (χ1v) is 22.5. The van der Waals surface area contributed by atoms with E-state index in [0.717, 1.165) is 69.8 Å². The molecule has 328 valence electrons. The molecular weight excluding hydrogens is 735 g/mol. The fourth-order valence-electron chi connectivity index (χ4n) is 14.2. The van der Waals surface area contributed by atoms with Crippen LogP contribution in [0, 0.1) is 68.0 Å². The molecule has 0 aromatic carbocycles. The van der Waals surface area contributed by atoms with Gasteiger partial charge in [-0.1, -0.05) is 53.2 Å². The van der Waals surface area contributed by atoms with Gasteiger partial charge in [-0.25, -0.2) is 4.79 Å². The first kappa shape index (κ1) is 46.2. The van der Waals surface area contributed by atoms with E-state index in [-0.39, 0.29) is 58.2 Å². The molecule has 10 heteroatoms. The molecule has 5 rings (SSSR count). The summed E-state index contributed by atoms with van der Waals surface area (Å²) < 4.78 is 11.5. The van der Waals surface area contributed by atoms with Crippen LogP contribution >= 0.6 is 0 Å². The van der Waals surface area contributed by atoms with Crippen LogP contribution in [-0.2, 0) is 28.7 Å². The van der Waals surface area contributed by atoms with Crippen molar-refractivity contribution in [2.24, 2.45) is 68.0 Å². The van der Waals surface area contributed by atoms with Crippen LogP contribution < -0.4 is 5.32 Å². The standard InChI is InChI=1S/C48H77NO9/c1-29(2)31-18-23-48(35(50)27-30(39(52)53)15-13-14-26-49-41(56)58-42(3,4)5)25-24-46(11)32(38(31)48)16-17-34-45(10)21-20-36(57-37(51)28-43(6,7)40(54)55)44(8,9)33(45)19-22-47(34,46)12/h30-34,36,38H,1,13-28H2,2-12H3,(H,49,56)(H,52,53)(H,54,55)/t30?,31-,32+,33-,34+,36-,38+,45-,46+,47+,48+/m0/s1. The van der Waals surface area contributed by atoms with Crippen LogP contribution in [0.4, 0.5) is 4.79 Å². The molecule has 0 spiro atoms. The number of hydrogen-bond donors (Lipinski definition) is 3. The molecule has 11 atom stereocenters. The molecule has 0 bridgehead atoms. The number of hydrogen-bond acceptors (Lipinski definition) is 7. The summed E-state index contributed by atoms with van der Waals surface area (Å²) in [4.78, 5) is 64.4. The number of carboxylic acids is 2. The molecule has 10 nitrogen and oxygen atoms in total. The molecule has 1 unspecified atom stereocenters. The van der Waals surface area contributed by atoms with Gasteiger partial charge in [-0.3, -0.25) is 19.2 Å². The zero-order valence-corrected chi connectivity index (χ0v) is 37.8. The third-order valence-corrected chi connectivity index (χ3v) is 17.4. The minimum absolute atomic E-state index is 0.000404. The minimum Gasteiger partial charge on any atom is -0.481 e. The number of carbonyl (C=O) groups excluding carboxylic acids is 3. The second-order valence-corrected chi connectivity index (χ2v) is 22.6. The van der Waals surface area contributed by atoms with E-state index >= 15 is 0 Å². The molecule has 5 aliphatic rings. The smallest absolute Gasteiger partial charge is 0.407 e. The number of amides is 1. The van der Waals surface area contributed by atoms with E-state index in [0.29, 0.717) is 43.6 Å². The predicted molar refractivity (Wildman–Crippen MR) is 224 cm³/mol. The SMILES string of the molecule is C=C(C)[C@@H]1CC[C@]2(C(=O)CC(CCCCNC(=O)OC(C)(C)C)C(=O)O)CC[C@]3(C)[C@H](CC[C@@H]4[C@@]5(C)CC[C@H](OC(=O)CC(C)(C)C(=O)O)C(C)(C)[C@@H]5CC[C@]43C)[C@@H]12. The lowest BCUT2D eigenvalue weighted by Crippen LogP contribution is -2.67. The zero-order valence-electron chi connectivity index (χ0n) is 37.8. The fourth-order valence-corrected chi connectivity index (χ4v) is 14.2. The lowest BCUT2D eigenvalue weighted by atomic mass is 9.32. The normalized spacial score (nSPS) is 37.2. The van der Waals surface area contributed by atoms with Gasteiger partial charge in [-0.2, -0.15) is 0 Å². The van der Waals surface area contributed by atoms with Crippen LogP contribution in [-0.4, -0.2) is 58.2 Å². The third kappa shape index (κ3) is 8.26. The predicted octanol–water partition coefficient (Wildman–Crippen LogP) is 10.4. The minimum atomic E-state index is -1.18. The van der Waals surface area contributed by atoms with Gasteiger partial charge in [0.05, 0.1) is 17.8 Å². The van der Waals surface area contributed by atoms with Crippen molar-refractivity contribution in [3.8, 4) is 0 Å². The summed E-state index contributed by atoms with van der Waals surface area (Å²) >= 11 is 0. The van der Waals surface area contributed by atoms with Crippen LogP contribution in [0.15, 0.2) is 12.2 Å². The highest BCUT2D eigenvalue weighted by molar-refractivity contribution is 5.89. The number of ketones is 1. The summed E-state index contributed by atoms with van der Waals surface area (Å²) in [5, 5.41) is 22.7. The maximum absolute atomic E-state index is 14.8. The van der Waals surface area contributed by atoms with Crippen molar-refractivity contribution in [1.82, 2.24) is 5.32 Å². The molecule has 1 amide bonds. The van der Waals surface area contributed by atoms with Crippen molar-refractivity contribution in [1.29, 1.82) is 0 Å². The average Bonchev–Trinajstić information content (AvgIpc) is 3.49. The molecule has 0 aromatic rings. The molecule has 5 aliphatic carbocycles. The third-order valence-electron chi connectivity index (χ3n) is 17.4. The molecule has 0 radical (unpaired) electrons. The van der Waals surface area contributed by atoms with Crippen molar-refractivity contribution in [2.75, 3.05) is 6.54 Å². The Morgan fingerprint density at radius 1 is 0.810 bits per heavy atom. The van der Waals surface area contributed by atoms with Crippen LogP contribution in [0.25, 0.3) is 0 Å². The van der Waals surface area contributed by atoms with Gasteiger partial charge in [-0.15, -0.1) is 0 Å². The number of aliphatic carboxylic acids is 2. The van der Waals surface area contributed by atoms with E-state index in [2.05, 4.69) is 53.4 Å². The van der Waals surface area contributed by atoms with Crippen LogP contribution in [0.2, 0.25) is 0 Å². The number of unbranched alkanes of at least 4 members (excludes halogenated alkanes) is 1. The Balaban J connectivity index is 1.32. The molecule has 58 heavy (non-hydrogen) atoms. The number of carboxylic acid groups (broad SMARTS) is 2. The highest BCUT2D eigenvalue weighted by atomic mass is 16.6. The lowest BCUT2D eigenvalue weighted by molar-refractivity contribution is -0.249. The van der Waals surface area contributed by atoms with Gasteiger partial charge < -0.3 is 25.0 Å². The van der Waals surface area contributed by atoms with Gasteiger partial charge in [0.2, 0.25) is 0 Å². The molecule has 5 fully saturated rings. The number of allylic oxidation sites excluding steroid dienone is 1. The van der Waals surface area contributed by atoms with Crippen LogP contribution in [0.1, 0.15) is 172 Å². The van der Waals surface area contributed by atoms with E-state index in [9.17, 15) is 34.2 Å². The Morgan fingerprint density at radius 3 is 2.09 bits per heavy atom. The van der Waals surface area contributed by atoms with Gasteiger partial charge in [0, 0.05) is 23.8 Å². The number of nitrogens with one attached hydrogen (secondary N) is 1. The molecule has 0 aromatic heterocycles. The van der Waals surface area contributed by atoms with Crippen molar-refractivity contribution in [3.05, 3.63) is 12.2 Å². The summed E-state index contributed by atoms with van der Waals surface area (Å²) in [6.45, 7) is 27.7. The summed E-state index contributed by atoms with van der Waals surface area (Å²) in [7, 11) is 0. The van der Waals surface area contributed by atoms with Gasteiger partial charge in [-0.05, 0) is 164 Å². The molecule has 3 N–H and O–H groups in total. The van der Waals surface area contributed by atoms with Crippen molar-refractivity contribution in [3.63, 3.8) is 0 Å². The summed E-state index contributed by atoms with van der Waals surface area (Å²) in [6.07, 6.45) is 10.1. The maximum Gasteiger partial charge on any atom is 0.407 e. The van der Waals surface area contributed by atoms with Gasteiger partial charge in [0.25, 0.3) is 0 Å². The number of alkyl carbamates (subject to hydrolysis) is 1. The highest BCUT2D eigenvalue weighted by Crippen LogP contribution is 2.77. The lowest BCUT2D eigenvalue weighted by Gasteiger charge is -2.73. The quantitative estimate of drug-likeness (QED) is 0.0882. The second kappa shape index (κ2) is 16.2. The zero-order chi connectivity index (χ0) is 43.4. The first-order valence-electron chi connectivity index (χ1n) is 22.5. The largest absolute Gasteiger partial charge is 0.481 e. The maximum atomic E-state index is 14.8. The molecule has 0 heterocycles. The van der Waals surface area contributed by atoms with Crippen molar-refractivity contribution < 1.29 is 43.7 Å². The van der Waals surface area contributed by atoms with Crippen LogP contribution in [0.3, 0.4) is 0 Å². The highest BCUT2D eigenvalue weighted by Gasteiger charge is 2.72. The monoisotopic (exact) mass is 812 g/mol. The summed E-state index contributed by atoms with van der Waals surface area (Å²) in [6, 6.07) is 0.